The Morgan fingerprint density at radius 3 is 2.42 bits per heavy atom. The van der Waals surface area contributed by atoms with E-state index >= 15 is 0 Å². The van der Waals surface area contributed by atoms with Gasteiger partial charge >= 0.3 is 5.97 Å². The Morgan fingerprint density at radius 2 is 1.68 bits per heavy atom. The fourth-order valence-electron chi connectivity index (χ4n) is 2.02. The Balaban J connectivity index is 2.16. The topological polar surface area (TPSA) is 50.2 Å². The van der Waals surface area contributed by atoms with Gasteiger partial charge < -0.3 is 5.11 Å². The molecule has 0 unspecified atom stereocenters. The lowest BCUT2D eigenvalue weighted by atomic mass is 10.1. The molecule has 0 aliphatic rings. The Kier molecular flexibility index (Phi) is 2.72. The van der Waals surface area contributed by atoms with Crippen LogP contribution in [0.4, 0.5) is 0 Å². The molecule has 0 atom stereocenters. The highest BCUT2D eigenvalue weighted by atomic mass is 16.4. The standard InChI is InChI=1S/C16H11NO2/c18-16(19)13-7-6-12-8-9-14(17-15(12)10-13)11-4-2-1-3-5-11/h1-10H,(H,18,19). The van der Waals surface area contributed by atoms with Crippen LogP contribution in [0.3, 0.4) is 0 Å². The molecular weight excluding hydrogens is 238 g/mol. The quantitative estimate of drug-likeness (QED) is 0.754. The second kappa shape index (κ2) is 4.53. The molecule has 3 rings (SSSR count). The second-order valence-corrected chi connectivity index (χ2v) is 4.28. The molecule has 0 fully saturated rings. The first kappa shape index (κ1) is 11.4. The van der Waals surface area contributed by atoms with Gasteiger partial charge in [-0.05, 0) is 18.2 Å². The molecule has 0 radical (unpaired) electrons. The van der Waals surface area contributed by atoms with Crippen LogP contribution in [-0.4, -0.2) is 16.1 Å². The van der Waals surface area contributed by atoms with E-state index in [1.807, 2.05) is 42.5 Å². The highest BCUT2D eigenvalue weighted by molar-refractivity contribution is 5.93. The van der Waals surface area contributed by atoms with E-state index in [1.54, 1.807) is 18.2 Å². The Bertz CT molecular complexity index is 751. The van der Waals surface area contributed by atoms with Crippen LogP contribution in [0.15, 0.2) is 60.7 Å². The van der Waals surface area contributed by atoms with Gasteiger partial charge in [0.15, 0.2) is 0 Å². The van der Waals surface area contributed by atoms with E-state index in [0.29, 0.717) is 5.52 Å². The number of hydrogen-bond donors (Lipinski definition) is 1. The molecule has 3 nitrogen and oxygen atoms in total. The smallest absolute Gasteiger partial charge is 0.335 e. The lowest BCUT2D eigenvalue weighted by molar-refractivity contribution is 0.0697. The lowest BCUT2D eigenvalue weighted by Crippen LogP contribution is -1.96. The third-order valence-electron chi connectivity index (χ3n) is 3.01. The first-order valence-electron chi connectivity index (χ1n) is 5.93. The molecule has 2 aromatic carbocycles. The van der Waals surface area contributed by atoms with E-state index in [-0.39, 0.29) is 5.56 Å². The minimum absolute atomic E-state index is 0.255. The van der Waals surface area contributed by atoms with E-state index in [0.717, 1.165) is 16.6 Å². The van der Waals surface area contributed by atoms with Crippen LogP contribution < -0.4 is 0 Å². The molecular formula is C16H11NO2. The van der Waals surface area contributed by atoms with E-state index < -0.39 is 5.97 Å². The van der Waals surface area contributed by atoms with Crippen LogP contribution in [0.25, 0.3) is 22.2 Å². The van der Waals surface area contributed by atoms with Crippen molar-refractivity contribution in [2.75, 3.05) is 0 Å². The molecule has 0 amide bonds. The molecule has 19 heavy (non-hydrogen) atoms. The predicted octanol–water partition coefficient (Wildman–Crippen LogP) is 3.60. The molecule has 1 N–H and O–H groups in total. The zero-order valence-corrected chi connectivity index (χ0v) is 10.1. The van der Waals surface area contributed by atoms with Crippen molar-refractivity contribution in [2.45, 2.75) is 0 Å². The molecule has 92 valence electrons. The zero-order valence-electron chi connectivity index (χ0n) is 10.1. The molecule has 0 spiro atoms. The summed E-state index contributed by atoms with van der Waals surface area (Å²) in [5, 5.41) is 9.94. The summed E-state index contributed by atoms with van der Waals surface area (Å²) in [4.78, 5) is 15.5. The van der Waals surface area contributed by atoms with Gasteiger partial charge in [-0.15, -0.1) is 0 Å². The number of fused-ring (bicyclic) bond motifs is 1. The number of rotatable bonds is 2. The van der Waals surface area contributed by atoms with Crippen LogP contribution in [-0.2, 0) is 0 Å². The molecule has 0 saturated carbocycles. The van der Waals surface area contributed by atoms with Crippen LogP contribution in [0, 0.1) is 0 Å². The van der Waals surface area contributed by atoms with Gasteiger partial charge in [-0.2, -0.15) is 0 Å². The summed E-state index contributed by atoms with van der Waals surface area (Å²) in [5.41, 5.74) is 2.81. The molecule has 1 aromatic heterocycles. The van der Waals surface area contributed by atoms with Crippen LogP contribution in [0.2, 0.25) is 0 Å². The molecule has 0 bridgehead atoms. The first-order chi connectivity index (χ1) is 9.24. The lowest BCUT2D eigenvalue weighted by Gasteiger charge is -2.04. The van der Waals surface area contributed by atoms with Crippen molar-refractivity contribution in [2.24, 2.45) is 0 Å². The summed E-state index contributed by atoms with van der Waals surface area (Å²) >= 11 is 0. The van der Waals surface area contributed by atoms with Gasteiger partial charge in [0, 0.05) is 10.9 Å². The summed E-state index contributed by atoms with van der Waals surface area (Å²) in [7, 11) is 0. The Labute approximate surface area is 110 Å². The van der Waals surface area contributed by atoms with E-state index in [9.17, 15) is 4.79 Å². The third kappa shape index (κ3) is 2.18. The molecule has 3 aromatic rings. The monoisotopic (exact) mass is 249 g/mol. The maximum absolute atomic E-state index is 11.0. The van der Waals surface area contributed by atoms with Crippen molar-refractivity contribution < 1.29 is 9.90 Å². The highest BCUT2D eigenvalue weighted by Gasteiger charge is 2.05. The van der Waals surface area contributed by atoms with Crippen molar-refractivity contribution >= 4 is 16.9 Å². The summed E-state index contributed by atoms with van der Waals surface area (Å²) in [6, 6.07) is 18.7. The van der Waals surface area contributed by atoms with Crippen LogP contribution in [0.1, 0.15) is 10.4 Å². The number of hydrogen-bond acceptors (Lipinski definition) is 2. The second-order valence-electron chi connectivity index (χ2n) is 4.28. The Hall–Kier alpha value is -2.68. The normalized spacial score (nSPS) is 10.5. The summed E-state index contributed by atoms with van der Waals surface area (Å²) in [6.07, 6.45) is 0. The molecule has 0 aliphatic heterocycles. The van der Waals surface area contributed by atoms with Crippen molar-refractivity contribution in [3.8, 4) is 11.3 Å². The van der Waals surface area contributed by atoms with E-state index in [2.05, 4.69) is 4.98 Å². The maximum atomic E-state index is 11.0. The summed E-state index contributed by atoms with van der Waals surface area (Å²) in [5.74, 6) is -0.936. The van der Waals surface area contributed by atoms with Gasteiger partial charge in [-0.25, -0.2) is 9.78 Å². The molecule has 0 aliphatic carbocycles. The summed E-state index contributed by atoms with van der Waals surface area (Å²) in [6.45, 7) is 0. The van der Waals surface area contributed by atoms with Gasteiger partial charge in [0.2, 0.25) is 0 Å². The van der Waals surface area contributed by atoms with Crippen LogP contribution in [0.5, 0.6) is 0 Å². The maximum Gasteiger partial charge on any atom is 0.335 e. The van der Waals surface area contributed by atoms with Gasteiger partial charge in [-0.1, -0.05) is 42.5 Å². The first-order valence-corrected chi connectivity index (χ1v) is 5.93. The minimum Gasteiger partial charge on any atom is -0.478 e. The molecule has 0 saturated heterocycles. The highest BCUT2D eigenvalue weighted by Crippen LogP contribution is 2.21. The molecule has 3 heteroatoms. The van der Waals surface area contributed by atoms with Crippen molar-refractivity contribution in [1.29, 1.82) is 0 Å². The Morgan fingerprint density at radius 1 is 0.947 bits per heavy atom. The number of carboxylic acid groups (broad SMARTS) is 1. The minimum atomic E-state index is -0.936. The zero-order chi connectivity index (χ0) is 13.2. The number of carbonyl (C=O) groups is 1. The van der Waals surface area contributed by atoms with Gasteiger partial charge in [0.25, 0.3) is 0 Å². The van der Waals surface area contributed by atoms with Gasteiger partial charge in [0.05, 0.1) is 16.8 Å². The fourth-order valence-corrected chi connectivity index (χ4v) is 2.02. The summed E-state index contributed by atoms with van der Waals surface area (Å²) < 4.78 is 0. The average Bonchev–Trinajstić information content (AvgIpc) is 2.47. The van der Waals surface area contributed by atoms with Crippen molar-refractivity contribution in [3.63, 3.8) is 0 Å². The number of aromatic carboxylic acids is 1. The molecule has 1 heterocycles. The van der Waals surface area contributed by atoms with Gasteiger partial charge in [-0.3, -0.25) is 0 Å². The number of pyridine rings is 1. The van der Waals surface area contributed by atoms with Gasteiger partial charge in [0.1, 0.15) is 0 Å². The predicted molar refractivity (Wildman–Crippen MR) is 74.1 cm³/mol. The van der Waals surface area contributed by atoms with E-state index in [1.165, 1.54) is 0 Å². The van der Waals surface area contributed by atoms with E-state index in [4.69, 9.17) is 5.11 Å². The number of carboxylic acids is 1. The fraction of sp³-hybridized carbons (Fsp3) is 0. The van der Waals surface area contributed by atoms with Crippen molar-refractivity contribution in [1.82, 2.24) is 4.98 Å². The average molecular weight is 249 g/mol. The largest absolute Gasteiger partial charge is 0.478 e. The van der Waals surface area contributed by atoms with Crippen LogP contribution >= 0.6 is 0 Å². The number of benzene rings is 2. The third-order valence-corrected chi connectivity index (χ3v) is 3.01. The number of nitrogens with zero attached hydrogens (tertiary/aromatic N) is 1. The SMILES string of the molecule is O=C(O)c1ccc2ccc(-c3ccccc3)nc2c1. The van der Waals surface area contributed by atoms with Crippen molar-refractivity contribution in [3.05, 3.63) is 66.2 Å². The number of aromatic nitrogens is 1.